The van der Waals surface area contributed by atoms with Crippen LogP contribution < -0.4 is 20.9 Å². The van der Waals surface area contributed by atoms with E-state index in [4.69, 9.17) is 38.5 Å². The summed E-state index contributed by atoms with van der Waals surface area (Å²) in [5.41, 5.74) is 10.4. The van der Waals surface area contributed by atoms with Crippen molar-refractivity contribution in [2.45, 2.75) is 0 Å². The Hall–Kier alpha value is -1.39. The molecule has 1 aromatic carbocycles. The maximum Gasteiger partial charge on any atom is 0.394 e. The molecule has 0 saturated carbocycles. The Labute approximate surface area is 98.7 Å². The molecule has 0 fully saturated rings. The molecule has 0 atom stereocenters. The average molecular weight is 266 g/mol. The van der Waals surface area contributed by atoms with Crippen LogP contribution in [0.1, 0.15) is 0 Å². The second-order valence-electron chi connectivity index (χ2n) is 2.54. The van der Waals surface area contributed by atoms with Gasteiger partial charge in [0.15, 0.2) is 0 Å². The van der Waals surface area contributed by atoms with Gasteiger partial charge in [0.2, 0.25) is 0 Å². The van der Waals surface area contributed by atoms with Crippen LogP contribution in [-0.2, 0) is 10.4 Å². The molecule has 98 valence electrons. The molecular weight excluding hydrogens is 252 g/mol. The summed E-state index contributed by atoms with van der Waals surface area (Å²) in [7, 11) is -4.67. The zero-order valence-electron chi connectivity index (χ0n) is 8.81. The summed E-state index contributed by atoms with van der Waals surface area (Å²) in [6.07, 6.45) is 0. The molecule has 0 amide bonds. The van der Waals surface area contributed by atoms with E-state index in [9.17, 15) is 0 Å². The zero-order chi connectivity index (χ0) is 13.3. The highest BCUT2D eigenvalue weighted by molar-refractivity contribution is 7.79. The zero-order valence-corrected chi connectivity index (χ0v) is 9.63. The van der Waals surface area contributed by atoms with Crippen molar-refractivity contribution in [2.24, 2.45) is 11.5 Å². The highest BCUT2D eigenvalue weighted by Gasteiger charge is 1.94. The minimum atomic E-state index is -4.67. The lowest BCUT2D eigenvalue weighted by molar-refractivity contribution is 0.313. The van der Waals surface area contributed by atoms with Gasteiger partial charge in [-0.15, -0.1) is 0 Å². The maximum atomic E-state index is 8.74. The first-order valence-corrected chi connectivity index (χ1v) is 5.72. The molecule has 6 N–H and O–H groups in total. The fourth-order valence-corrected chi connectivity index (χ4v) is 0.846. The number of hydrogen-bond acceptors (Lipinski definition) is 6. The normalized spacial score (nSPS) is 10.1. The molecule has 0 aliphatic carbocycles. The van der Waals surface area contributed by atoms with E-state index >= 15 is 0 Å². The highest BCUT2D eigenvalue weighted by atomic mass is 32.3. The van der Waals surface area contributed by atoms with Crippen molar-refractivity contribution in [3.05, 3.63) is 24.3 Å². The van der Waals surface area contributed by atoms with Crippen molar-refractivity contribution in [2.75, 3.05) is 13.5 Å². The molecule has 0 aromatic heterocycles. The molecule has 1 aromatic rings. The highest BCUT2D eigenvalue weighted by Crippen LogP contribution is 2.18. The summed E-state index contributed by atoms with van der Waals surface area (Å²) in [5, 5.41) is 0. The van der Waals surface area contributed by atoms with Crippen LogP contribution >= 0.6 is 0 Å². The molecule has 0 heterocycles. The number of nitrogens with two attached hydrogens (primary N) is 2. The molecule has 8 nitrogen and oxygen atoms in total. The molecule has 0 unspecified atom stereocenters. The van der Waals surface area contributed by atoms with Gasteiger partial charge in [0.25, 0.3) is 0 Å². The number of ether oxygens (including phenoxy) is 2. The third-order valence-electron chi connectivity index (χ3n) is 1.31. The van der Waals surface area contributed by atoms with Gasteiger partial charge < -0.3 is 9.47 Å². The van der Waals surface area contributed by atoms with Gasteiger partial charge in [0.1, 0.15) is 25.0 Å². The predicted octanol–water partition coefficient (Wildman–Crippen LogP) is -0.376. The van der Waals surface area contributed by atoms with Crippen LogP contribution in [0.25, 0.3) is 0 Å². The smallest absolute Gasteiger partial charge is 0.394 e. The first kappa shape index (κ1) is 15.6. The Morgan fingerprint density at radius 3 is 1.71 bits per heavy atom. The van der Waals surface area contributed by atoms with Crippen molar-refractivity contribution >= 4 is 10.4 Å². The fraction of sp³-hybridized carbons (Fsp3) is 0.250. The van der Waals surface area contributed by atoms with Gasteiger partial charge in [0, 0.05) is 6.07 Å². The van der Waals surface area contributed by atoms with E-state index in [0.29, 0.717) is 11.5 Å². The number of rotatable bonds is 4. The first-order chi connectivity index (χ1) is 7.86. The molecule has 17 heavy (non-hydrogen) atoms. The molecule has 0 spiro atoms. The van der Waals surface area contributed by atoms with Crippen molar-refractivity contribution in [1.29, 1.82) is 0 Å². The van der Waals surface area contributed by atoms with Crippen LogP contribution in [0.5, 0.6) is 11.5 Å². The standard InChI is InChI=1S/C8H12N2O2.H2O4S/c9-5-11-7-2-1-3-8(4-7)12-6-10;1-5(2,3)4/h1-4H,5-6,9-10H2;(H2,1,2,3,4). The summed E-state index contributed by atoms with van der Waals surface area (Å²) in [4.78, 5) is 0. The molecule has 0 saturated heterocycles. The van der Waals surface area contributed by atoms with E-state index in [1.165, 1.54) is 0 Å². The largest absolute Gasteiger partial charge is 0.478 e. The Balaban J connectivity index is 0.000000437. The fourth-order valence-electron chi connectivity index (χ4n) is 0.846. The van der Waals surface area contributed by atoms with Crippen LogP contribution in [0.15, 0.2) is 24.3 Å². The average Bonchev–Trinajstić information content (AvgIpc) is 2.16. The van der Waals surface area contributed by atoms with Crippen LogP contribution in [0, 0.1) is 0 Å². The molecule has 9 heteroatoms. The van der Waals surface area contributed by atoms with Gasteiger partial charge >= 0.3 is 10.4 Å². The Morgan fingerprint density at radius 1 is 1.06 bits per heavy atom. The van der Waals surface area contributed by atoms with Gasteiger partial charge in [-0.1, -0.05) is 6.07 Å². The predicted molar refractivity (Wildman–Crippen MR) is 60.0 cm³/mol. The Kier molecular flexibility index (Phi) is 7.18. The van der Waals surface area contributed by atoms with Gasteiger partial charge in [-0.25, -0.2) is 0 Å². The summed E-state index contributed by atoms with van der Waals surface area (Å²) in [6.45, 7) is 0.318. The van der Waals surface area contributed by atoms with E-state index in [1.807, 2.05) is 6.07 Å². The van der Waals surface area contributed by atoms with Gasteiger partial charge in [-0.3, -0.25) is 20.6 Å². The van der Waals surface area contributed by atoms with Gasteiger partial charge in [-0.05, 0) is 12.1 Å². The quantitative estimate of drug-likeness (QED) is 0.426. The Bertz CT molecular complexity index is 393. The molecule has 1 rings (SSSR count). The van der Waals surface area contributed by atoms with Crippen molar-refractivity contribution in [3.8, 4) is 11.5 Å². The monoisotopic (exact) mass is 266 g/mol. The number of benzene rings is 1. The minimum Gasteiger partial charge on any atom is -0.478 e. The third kappa shape index (κ3) is 10.9. The van der Waals surface area contributed by atoms with Crippen LogP contribution in [0.3, 0.4) is 0 Å². The van der Waals surface area contributed by atoms with E-state index in [2.05, 4.69) is 0 Å². The van der Waals surface area contributed by atoms with Crippen LogP contribution in [0.4, 0.5) is 0 Å². The summed E-state index contributed by atoms with van der Waals surface area (Å²) in [5.74, 6) is 1.37. The lowest BCUT2D eigenvalue weighted by atomic mass is 10.3. The molecule has 0 bridgehead atoms. The second-order valence-corrected chi connectivity index (χ2v) is 3.44. The van der Waals surface area contributed by atoms with Crippen molar-refractivity contribution < 1.29 is 27.0 Å². The van der Waals surface area contributed by atoms with Crippen LogP contribution in [0.2, 0.25) is 0 Å². The summed E-state index contributed by atoms with van der Waals surface area (Å²) < 4.78 is 41.7. The van der Waals surface area contributed by atoms with Gasteiger partial charge in [0.05, 0.1) is 0 Å². The third-order valence-corrected chi connectivity index (χ3v) is 1.31. The number of hydrogen-bond donors (Lipinski definition) is 4. The molecule has 0 aliphatic heterocycles. The SMILES string of the molecule is NCOc1cccc(OCN)c1.O=S(=O)(O)O. The summed E-state index contributed by atoms with van der Waals surface area (Å²) in [6, 6.07) is 7.15. The topological polar surface area (TPSA) is 145 Å². The van der Waals surface area contributed by atoms with E-state index in [-0.39, 0.29) is 13.5 Å². The molecular formula is C8H14N2O6S. The van der Waals surface area contributed by atoms with Gasteiger partial charge in [-0.2, -0.15) is 8.42 Å². The summed E-state index contributed by atoms with van der Waals surface area (Å²) >= 11 is 0. The Morgan fingerprint density at radius 2 is 1.41 bits per heavy atom. The van der Waals surface area contributed by atoms with E-state index in [0.717, 1.165) is 0 Å². The van der Waals surface area contributed by atoms with E-state index < -0.39 is 10.4 Å². The minimum absolute atomic E-state index is 0.159. The first-order valence-electron chi connectivity index (χ1n) is 4.32. The lowest BCUT2D eigenvalue weighted by Crippen LogP contribution is -2.09. The molecule has 0 aliphatic rings. The molecule has 0 radical (unpaired) electrons. The van der Waals surface area contributed by atoms with Crippen molar-refractivity contribution in [3.63, 3.8) is 0 Å². The lowest BCUT2D eigenvalue weighted by Gasteiger charge is -2.05. The van der Waals surface area contributed by atoms with Crippen molar-refractivity contribution in [1.82, 2.24) is 0 Å². The van der Waals surface area contributed by atoms with Crippen LogP contribution in [-0.4, -0.2) is 31.0 Å². The van der Waals surface area contributed by atoms with E-state index in [1.54, 1.807) is 18.2 Å². The second kappa shape index (κ2) is 7.81. The maximum absolute atomic E-state index is 8.74.